The number of rotatable bonds is 3. The summed E-state index contributed by atoms with van der Waals surface area (Å²) in [4.78, 5) is 17.1. The number of fused-ring (bicyclic) bond motifs is 3. The average Bonchev–Trinajstić information content (AvgIpc) is 2.94. The molecule has 0 radical (unpaired) electrons. The summed E-state index contributed by atoms with van der Waals surface area (Å²) in [7, 11) is 0. The van der Waals surface area contributed by atoms with Gasteiger partial charge in [-0.3, -0.25) is 9.69 Å². The predicted octanol–water partition coefficient (Wildman–Crippen LogP) is 3.68. The molecule has 0 bridgehead atoms. The molecule has 2 N–H and O–H groups in total. The minimum atomic E-state index is -0.0369. The third-order valence-corrected chi connectivity index (χ3v) is 4.64. The number of hydrogen-bond donors (Lipinski definition) is 2. The number of para-hydroxylation sites is 1. The molecule has 1 amide bonds. The Labute approximate surface area is 141 Å². The summed E-state index contributed by atoms with van der Waals surface area (Å²) in [5.41, 5.74) is 6.18. The van der Waals surface area contributed by atoms with Gasteiger partial charge in [0.05, 0.1) is 0 Å². The van der Waals surface area contributed by atoms with E-state index in [0.717, 1.165) is 31.7 Å². The van der Waals surface area contributed by atoms with Crippen molar-refractivity contribution < 1.29 is 4.79 Å². The first-order valence-corrected chi connectivity index (χ1v) is 8.36. The third-order valence-electron chi connectivity index (χ3n) is 4.64. The van der Waals surface area contributed by atoms with E-state index in [0.29, 0.717) is 0 Å². The van der Waals surface area contributed by atoms with Crippen molar-refractivity contribution in [1.82, 2.24) is 9.88 Å². The second kappa shape index (κ2) is 6.13. The maximum absolute atomic E-state index is 11.1. The standard InChI is InChI=1S/C20H21N3O/c1-14(24)21-16-8-6-15(7-9-16)12-23-11-10-18-17-4-2-3-5-19(17)22-20(18)13-23/h2-9,22H,10-13H2,1H3,(H,21,24). The van der Waals surface area contributed by atoms with E-state index < -0.39 is 0 Å². The first-order chi connectivity index (χ1) is 11.7. The number of aromatic amines is 1. The lowest BCUT2D eigenvalue weighted by atomic mass is 10.0. The molecule has 4 heteroatoms. The molecular formula is C20H21N3O. The Morgan fingerprint density at radius 3 is 2.75 bits per heavy atom. The van der Waals surface area contributed by atoms with Crippen LogP contribution in [0.2, 0.25) is 0 Å². The van der Waals surface area contributed by atoms with E-state index in [1.54, 1.807) is 0 Å². The molecule has 0 fully saturated rings. The lowest BCUT2D eigenvalue weighted by Gasteiger charge is -2.27. The van der Waals surface area contributed by atoms with Gasteiger partial charge in [-0.2, -0.15) is 0 Å². The highest BCUT2D eigenvalue weighted by molar-refractivity contribution is 5.88. The fraction of sp³-hybridized carbons (Fsp3) is 0.250. The molecule has 0 spiro atoms. The Kier molecular flexibility index (Phi) is 3.82. The van der Waals surface area contributed by atoms with Crippen molar-refractivity contribution >= 4 is 22.5 Å². The van der Waals surface area contributed by atoms with Crippen LogP contribution in [-0.4, -0.2) is 22.3 Å². The minimum absolute atomic E-state index is 0.0369. The number of carbonyl (C=O) groups is 1. The van der Waals surface area contributed by atoms with Crippen LogP contribution >= 0.6 is 0 Å². The summed E-state index contributed by atoms with van der Waals surface area (Å²) in [5.74, 6) is -0.0369. The van der Waals surface area contributed by atoms with Crippen molar-refractivity contribution in [3.05, 3.63) is 65.4 Å². The molecule has 1 aromatic heterocycles. The van der Waals surface area contributed by atoms with Crippen molar-refractivity contribution in [3.63, 3.8) is 0 Å². The number of carbonyl (C=O) groups excluding carboxylic acids is 1. The molecule has 3 aromatic rings. The highest BCUT2D eigenvalue weighted by atomic mass is 16.1. The van der Waals surface area contributed by atoms with Gasteiger partial charge in [-0.05, 0) is 35.7 Å². The van der Waals surface area contributed by atoms with Crippen molar-refractivity contribution in [1.29, 1.82) is 0 Å². The van der Waals surface area contributed by atoms with E-state index in [9.17, 15) is 4.79 Å². The number of H-pyrrole nitrogens is 1. The van der Waals surface area contributed by atoms with Crippen LogP contribution < -0.4 is 5.32 Å². The monoisotopic (exact) mass is 319 g/mol. The van der Waals surface area contributed by atoms with E-state index in [-0.39, 0.29) is 5.91 Å². The van der Waals surface area contributed by atoms with Gasteiger partial charge in [0.15, 0.2) is 0 Å². The molecule has 0 aliphatic carbocycles. The van der Waals surface area contributed by atoms with Crippen LogP contribution in [0.4, 0.5) is 5.69 Å². The van der Waals surface area contributed by atoms with Crippen LogP contribution in [0.25, 0.3) is 10.9 Å². The van der Waals surface area contributed by atoms with Gasteiger partial charge < -0.3 is 10.3 Å². The summed E-state index contributed by atoms with van der Waals surface area (Å²) in [6, 6.07) is 16.7. The molecule has 4 rings (SSSR count). The summed E-state index contributed by atoms with van der Waals surface area (Å²) < 4.78 is 0. The van der Waals surface area contributed by atoms with Gasteiger partial charge in [-0.1, -0.05) is 30.3 Å². The predicted molar refractivity (Wildman–Crippen MR) is 96.9 cm³/mol. The number of benzene rings is 2. The van der Waals surface area contributed by atoms with Gasteiger partial charge in [-0.15, -0.1) is 0 Å². The zero-order valence-corrected chi connectivity index (χ0v) is 13.8. The zero-order chi connectivity index (χ0) is 16.5. The van der Waals surface area contributed by atoms with Crippen LogP contribution in [0.5, 0.6) is 0 Å². The molecule has 0 unspecified atom stereocenters. The van der Waals surface area contributed by atoms with Crippen LogP contribution in [0.1, 0.15) is 23.7 Å². The van der Waals surface area contributed by atoms with Gasteiger partial charge in [0.25, 0.3) is 0 Å². The molecule has 122 valence electrons. The maximum atomic E-state index is 11.1. The second-order valence-electron chi connectivity index (χ2n) is 6.47. The lowest BCUT2D eigenvalue weighted by Crippen LogP contribution is -2.29. The molecule has 0 saturated heterocycles. The molecule has 1 aliphatic rings. The summed E-state index contributed by atoms with van der Waals surface area (Å²) >= 11 is 0. The summed E-state index contributed by atoms with van der Waals surface area (Å²) in [6.07, 6.45) is 1.09. The highest BCUT2D eigenvalue weighted by Gasteiger charge is 2.20. The zero-order valence-electron chi connectivity index (χ0n) is 13.8. The number of nitrogens with one attached hydrogen (secondary N) is 2. The number of nitrogens with zero attached hydrogens (tertiary/aromatic N) is 1. The molecule has 4 nitrogen and oxygen atoms in total. The molecule has 2 aromatic carbocycles. The first-order valence-electron chi connectivity index (χ1n) is 8.36. The fourth-order valence-electron chi connectivity index (χ4n) is 3.54. The van der Waals surface area contributed by atoms with Crippen molar-refractivity contribution in [2.24, 2.45) is 0 Å². The van der Waals surface area contributed by atoms with Gasteiger partial charge in [0.2, 0.25) is 5.91 Å². The van der Waals surface area contributed by atoms with Crippen LogP contribution in [0.3, 0.4) is 0 Å². The van der Waals surface area contributed by atoms with Crippen LogP contribution in [-0.2, 0) is 24.3 Å². The van der Waals surface area contributed by atoms with E-state index in [1.165, 1.54) is 34.6 Å². The van der Waals surface area contributed by atoms with Gasteiger partial charge in [0, 0.05) is 48.8 Å². The topological polar surface area (TPSA) is 48.1 Å². The second-order valence-corrected chi connectivity index (χ2v) is 6.47. The molecule has 1 aliphatic heterocycles. The fourth-order valence-corrected chi connectivity index (χ4v) is 3.54. The Bertz CT molecular complexity index is 880. The lowest BCUT2D eigenvalue weighted by molar-refractivity contribution is -0.114. The smallest absolute Gasteiger partial charge is 0.221 e. The number of aromatic nitrogens is 1. The Hall–Kier alpha value is -2.59. The normalized spacial score (nSPS) is 14.5. The van der Waals surface area contributed by atoms with E-state index in [2.05, 4.69) is 51.6 Å². The molecule has 2 heterocycles. The number of amides is 1. The first kappa shape index (κ1) is 15.0. The molecular weight excluding hydrogens is 298 g/mol. The summed E-state index contributed by atoms with van der Waals surface area (Å²) in [5, 5.41) is 4.17. The average molecular weight is 319 g/mol. The Morgan fingerprint density at radius 1 is 1.17 bits per heavy atom. The van der Waals surface area contributed by atoms with Gasteiger partial charge in [0.1, 0.15) is 0 Å². The summed E-state index contributed by atoms with van der Waals surface area (Å²) in [6.45, 7) is 4.48. The number of anilines is 1. The van der Waals surface area contributed by atoms with E-state index >= 15 is 0 Å². The minimum Gasteiger partial charge on any atom is -0.357 e. The number of hydrogen-bond acceptors (Lipinski definition) is 2. The molecule has 0 atom stereocenters. The Morgan fingerprint density at radius 2 is 1.96 bits per heavy atom. The maximum Gasteiger partial charge on any atom is 0.221 e. The van der Waals surface area contributed by atoms with Crippen molar-refractivity contribution in [2.45, 2.75) is 26.4 Å². The van der Waals surface area contributed by atoms with Crippen molar-refractivity contribution in [3.8, 4) is 0 Å². The quantitative estimate of drug-likeness (QED) is 0.773. The van der Waals surface area contributed by atoms with Crippen molar-refractivity contribution in [2.75, 3.05) is 11.9 Å². The highest BCUT2D eigenvalue weighted by Crippen LogP contribution is 2.28. The van der Waals surface area contributed by atoms with Gasteiger partial charge in [-0.25, -0.2) is 0 Å². The van der Waals surface area contributed by atoms with E-state index in [4.69, 9.17) is 0 Å². The Balaban J connectivity index is 1.48. The van der Waals surface area contributed by atoms with E-state index in [1.807, 2.05) is 12.1 Å². The van der Waals surface area contributed by atoms with Gasteiger partial charge >= 0.3 is 0 Å². The van der Waals surface area contributed by atoms with Crippen LogP contribution in [0.15, 0.2) is 48.5 Å². The molecule has 24 heavy (non-hydrogen) atoms. The largest absolute Gasteiger partial charge is 0.357 e. The molecule has 0 saturated carbocycles. The van der Waals surface area contributed by atoms with Crippen LogP contribution in [0, 0.1) is 0 Å². The third kappa shape index (κ3) is 2.93. The SMILES string of the molecule is CC(=O)Nc1ccc(CN2CCc3c([nH]c4ccccc34)C2)cc1.